The average molecular weight is 251 g/mol. The Balaban J connectivity index is 2.29. The molecule has 0 radical (unpaired) electrons. The summed E-state index contributed by atoms with van der Waals surface area (Å²) in [5.74, 6) is 0.764. The first-order chi connectivity index (χ1) is 8.17. The van der Waals surface area contributed by atoms with Crippen LogP contribution >= 0.6 is 7.80 Å². The molecule has 92 valence electrons. The van der Waals surface area contributed by atoms with Crippen LogP contribution in [0.15, 0.2) is 24.3 Å². The molecule has 1 aliphatic carbocycles. The van der Waals surface area contributed by atoms with Crippen molar-refractivity contribution in [3.05, 3.63) is 24.3 Å². The Labute approximate surface area is 104 Å². The van der Waals surface area contributed by atoms with Gasteiger partial charge in [-0.3, -0.25) is 0 Å². The van der Waals surface area contributed by atoms with Crippen LogP contribution in [0.3, 0.4) is 0 Å². The second-order valence-corrected chi connectivity index (χ2v) is 7.17. The van der Waals surface area contributed by atoms with Crippen LogP contribution in [-0.4, -0.2) is 12.3 Å². The van der Waals surface area contributed by atoms with Gasteiger partial charge in [0.2, 0.25) is 5.30 Å². The third kappa shape index (κ3) is 2.52. The minimum atomic E-state index is -1.38. The van der Waals surface area contributed by atoms with Crippen LogP contribution < -0.4 is 10.0 Å². The van der Waals surface area contributed by atoms with Crippen LogP contribution in [-0.2, 0) is 4.57 Å². The number of para-hydroxylation sites is 1. The first-order valence-corrected chi connectivity index (χ1v) is 7.54. The van der Waals surface area contributed by atoms with Crippen molar-refractivity contribution in [2.45, 2.75) is 44.2 Å². The zero-order valence-corrected chi connectivity index (χ0v) is 11.5. The predicted molar refractivity (Wildman–Crippen MR) is 71.7 cm³/mol. The summed E-state index contributed by atoms with van der Waals surface area (Å²) >= 11 is 0. The highest BCUT2D eigenvalue weighted by molar-refractivity contribution is 7.55. The second kappa shape index (κ2) is 5.18. The lowest BCUT2D eigenvalue weighted by Gasteiger charge is -2.23. The Morgan fingerprint density at radius 2 is 1.82 bits per heavy atom. The Morgan fingerprint density at radius 1 is 1.18 bits per heavy atom. The van der Waals surface area contributed by atoms with Gasteiger partial charge in [-0.25, -0.2) is 0 Å². The van der Waals surface area contributed by atoms with E-state index in [4.69, 9.17) is 4.74 Å². The van der Waals surface area contributed by atoms with Gasteiger partial charge in [0, 0.05) is 0 Å². The smallest absolute Gasteiger partial charge is 0.386 e. The van der Waals surface area contributed by atoms with Crippen molar-refractivity contribution >= 4 is 13.1 Å². The summed E-state index contributed by atoms with van der Waals surface area (Å²) in [5.41, 5.74) is 0. The highest BCUT2D eigenvalue weighted by Gasteiger charge is 2.47. The minimum Gasteiger partial charge on any atom is -0.492 e. The Morgan fingerprint density at radius 3 is 2.47 bits per heavy atom. The van der Waals surface area contributed by atoms with E-state index in [1.165, 1.54) is 19.3 Å². The maximum atomic E-state index is 12.8. The van der Waals surface area contributed by atoms with E-state index in [0.29, 0.717) is 0 Å². The predicted octanol–water partition coefficient (Wildman–Crippen LogP) is 3.87. The quantitative estimate of drug-likeness (QED) is 0.762. The molecule has 0 N–H and O–H groups in total. The number of ether oxygens (including phenoxy) is 1. The van der Waals surface area contributed by atoms with Gasteiger partial charge in [0.15, 0.2) is 10.9 Å². The van der Waals surface area contributed by atoms with E-state index < -0.39 is 7.80 Å². The number of rotatable bonds is 3. The molecule has 2 nitrogen and oxygen atoms in total. The molecule has 1 aliphatic rings. The SMILES string of the molecule is COc1ccccc1[P+](=O)C1(C)CCCCC1. The standard InChI is InChI=1S/C14H20O2P/c1-14(10-6-3-7-11-14)17(15)13-9-5-4-8-12(13)16-2/h4-5,8-9H,3,6-7,10-11H2,1-2H3/q+1. The highest BCUT2D eigenvalue weighted by atomic mass is 31.1. The van der Waals surface area contributed by atoms with E-state index in [-0.39, 0.29) is 5.16 Å². The van der Waals surface area contributed by atoms with Crippen molar-refractivity contribution in [3.8, 4) is 5.75 Å². The summed E-state index contributed by atoms with van der Waals surface area (Å²) in [6.07, 6.45) is 5.82. The van der Waals surface area contributed by atoms with Crippen LogP contribution in [0.1, 0.15) is 39.0 Å². The summed E-state index contributed by atoms with van der Waals surface area (Å²) in [6, 6.07) is 7.71. The van der Waals surface area contributed by atoms with E-state index in [1.54, 1.807) is 7.11 Å². The first-order valence-electron chi connectivity index (χ1n) is 6.28. The molecular formula is C14H20O2P+. The van der Waals surface area contributed by atoms with Gasteiger partial charge in [-0.05, 0) is 44.7 Å². The Bertz CT molecular complexity index is 408. The molecular weight excluding hydrogens is 231 g/mol. The summed E-state index contributed by atoms with van der Waals surface area (Å²) < 4.78 is 18.1. The summed E-state index contributed by atoms with van der Waals surface area (Å²) in [7, 11) is 0.267. The van der Waals surface area contributed by atoms with Crippen molar-refractivity contribution in [1.29, 1.82) is 0 Å². The highest BCUT2D eigenvalue weighted by Crippen LogP contribution is 2.49. The first kappa shape index (κ1) is 12.6. The minimum absolute atomic E-state index is 0.0395. The lowest BCUT2D eigenvalue weighted by atomic mass is 9.90. The molecule has 0 saturated heterocycles. The fourth-order valence-corrected chi connectivity index (χ4v) is 4.50. The molecule has 1 unspecified atom stereocenters. The maximum Gasteiger partial charge on any atom is 0.386 e. The summed E-state index contributed by atoms with van der Waals surface area (Å²) in [4.78, 5) is 0. The number of hydrogen-bond donors (Lipinski definition) is 0. The van der Waals surface area contributed by atoms with Gasteiger partial charge in [-0.2, -0.15) is 0 Å². The molecule has 2 rings (SSSR count). The number of benzene rings is 1. The van der Waals surface area contributed by atoms with E-state index in [1.807, 2.05) is 24.3 Å². The number of hydrogen-bond acceptors (Lipinski definition) is 2. The molecule has 0 amide bonds. The maximum absolute atomic E-state index is 12.8. The van der Waals surface area contributed by atoms with Crippen molar-refractivity contribution < 1.29 is 9.30 Å². The molecule has 1 saturated carbocycles. The van der Waals surface area contributed by atoms with Gasteiger partial charge in [0.05, 0.1) is 7.11 Å². The average Bonchev–Trinajstić information content (AvgIpc) is 2.38. The normalized spacial score (nSPS) is 19.8. The molecule has 0 heterocycles. The molecule has 3 heteroatoms. The Kier molecular flexibility index (Phi) is 3.83. The third-order valence-corrected chi connectivity index (χ3v) is 5.96. The van der Waals surface area contributed by atoms with Gasteiger partial charge >= 0.3 is 7.80 Å². The number of methoxy groups -OCH3 is 1. The molecule has 0 spiro atoms. The molecule has 1 aromatic carbocycles. The van der Waals surface area contributed by atoms with E-state index in [0.717, 1.165) is 23.9 Å². The molecule has 0 aromatic heterocycles. The molecule has 1 atom stereocenters. The zero-order valence-electron chi connectivity index (χ0n) is 10.6. The van der Waals surface area contributed by atoms with Gasteiger partial charge in [-0.15, -0.1) is 0 Å². The van der Waals surface area contributed by atoms with Gasteiger partial charge in [-0.1, -0.05) is 23.1 Å². The van der Waals surface area contributed by atoms with Crippen molar-refractivity contribution in [1.82, 2.24) is 0 Å². The van der Waals surface area contributed by atoms with E-state index in [2.05, 4.69) is 6.92 Å². The summed E-state index contributed by atoms with van der Waals surface area (Å²) in [6.45, 7) is 2.16. The molecule has 1 fully saturated rings. The molecule has 1 aromatic rings. The van der Waals surface area contributed by atoms with Crippen molar-refractivity contribution in [3.63, 3.8) is 0 Å². The lowest BCUT2D eigenvalue weighted by Crippen LogP contribution is -2.27. The van der Waals surface area contributed by atoms with Crippen LogP contribution in [0.5, 0.6) is 5.75 Å². The fraction of sp³-hybridized carbons (Fsp3) is 0.571. The summed E-state index contributed by atoms with van der Waals surface area (Å²) in [5, 5.41) is 0.844. The van der Waals surface area contributed by atoms with Crippen LogP contribution in [0, 0.1) is 0 Å². The molecule has 0 aliphatic heterocycles. The van der Waals surface area contributed by atoms with E-state index >= 15 is 0 Å². The van der Waals surface area contributed by atoms with Crippen molar-refractivity contribution in [2.24, 2.45) is 0 Å². The zero-order chi connectivity index (χ0) is 12.3. The van der Waals surface area contributed by atoms with Crippen LogP contribution in [0.4, 0.5) is 0 Å². The monoisotopic (exact) mass is 251 g/mol. The molecule has 17 heavy (non-hydrogen) atoms. The lowest BCUT2D eigenvalue weighted by molar-refractivity contribution is 0.401. The van der Waals surface area contributed by atoms with Crippen LogP contribution in [0.25, 0.3) is 0 Å². The third-order valence-electron chi connectivity index (χ3n) is 3.72. The topological polar surface area (TPSA) is 26.3 Å². The van der Waals surface area contributed by atoms with Crippen LogP contribution in [0.2, 0.25) is 0 Å². The van der Waals surface area contributed by atoms with Gasteiger partial charge < -0.3 is 4.74 Å². The Hall–Kier alpha value is -0.880. The molecule has 0 bridgehead atoms. The van der Waals surface area contributed by atoms with E-state index in [9.17, 15) is 4.57 Å². The van der Waals surface area contributed by atoms with Crippen molar-refractivity contribution in [2.75, 3.05) is 7.11 Å². The fourth-order valence-electron chi connectivity index (χ4n) is 2.60. The van der Waals surface area contributed by atoms with Gasteiger partial charge in [0.1, 0.15) is 0 Å². The second-order valence-electron chi connectivity index (χ2n) is 5.02. The largest absolute Gasteiger partial charge is 0.492 e. The van der Waals surface area contributed by atoms with Gasteiger partial charge in [0.25, 0.3) is 0 Å².